The molecule has 0 radical (unpaired) electrons. The Morgan fingerprint density at radius 1 is 1.19 bits per heavy atom. The van der Waals surface area contributed by atoms with Crippen molar-refractivity contribution in [3.8, 4) is 0 Å². The van der Waals surface area contributed by atoms with Gasteiger partial charge in [-0.25, -0.2) is 0 Å². The summed E-state index contributed by atoms with van der Waals surface area (Å²) in [5, 5.41) is 13.8. The number of hydrogen-bond donors (Lipinski definition) is 2. The lowest BCUT2D eigenvalue weighted by molar-refractivity contribution is -0.155. The summed E-state index contributed by atoms with van der Waals surface area (Å²) in [7, 11) is -2.16. The van der Waals surface area contributed by atoms with Gasteiger partial charge in [-0.15, -0.1) is 0 Å². The Balaban J connectivity index is 2.52. The number of hydrogen-bond acceptors (Lipinski definition) is 4. The van der Waals surface area contributed by atoms with Crippen molar-refractivity contribution in [3.63, 3.8) is 0 Å². The summed E-state index contributed by atoms with van der Waals surface area (Å²) >= 11 is 0. The van der Waals surface area contributed by atoms with Crippen molar-refractivity contribution >= 4 is 26.1 Å². The van der Waals surface area contributed by atoms with E-state index >= 15 is 0 Å². The molecule has 5 nitrogen and oxygen atoms in total. The first-order valence-corrected chi connectivity index (χ1v) is 11.9. The van der Waals surface area contributed by atoms with E-state index in [1.54, 1.807) is 13.0 Å². The summed E-state index contributed by atoms with van der Waals surface area (Å²) in [4.78, 5) is 25.1. The number of carbonyl (C=O) groups excluding carboxylic acids is 2. The molecule has 0 spiro atoms. The largest absolute Gasteiger partial charge is 0.404 e. The molecule has 1 aliphatic heterocycles. The Bertz CT molecular complexity index is 676. The van der Waals surface area contributed by atoms with E-state index < -0.39 is 31.7 Å². The van der Waals surface area contributed by atoms with E-state index in [1.807, 2.05) is 30.3 Å². The second-order valence-electron chi connectivity index (χ2n) is 6.75. The minimum Gasteiger partial charge on any atom is -0.404 e. The van der Waals surface area contributed by atoms with Crippen LogP contribution in [0.3, 0.4) is 0 Å². The summed E-state index contributed by atoms with van der Waals surface area (Å²) in [6.45, 7) is 7.87. The first-order valence-electron chi connectivity index (χ1n) is 9.38. The Kier molecular flexibility index (Phi) is 6.55. The zero-order valence-electron chi connectivity index (χ0n) is 16.0. The molecule has 1 aromatic rings. The number of amides is 1. The molecule has 6 heteroatoms. The standard InChI is InChI=1S/C20H29NO4Si/c1-5-17(22)20(24)18(25-26(6-2,7-3)8-4)16(21-19(20)23)14-15-12-10-9-11-13-15/h9-14,18,24H,5-8H2,1-4H3,(H,21,23)/b16-14-/t18-,20+/m0/s1. The molecule has 2 N–H and O–H groups in total. The van der Waals surface area contributed by atoms with Crippen molar-refractivity contribution in [3.05, 3.63) is 41.6 Å². The second kappa shape index (κ2) is 8.29. The van der Waals surface area contributed by atoms with Crippen LogP contribution in [-0.2, 0) is 14.0 Å². The first-order chi connectivity index (χ1) is 12.4. The molecular formula is C20H29NO4Si. The van der Waals surface area contributed by atoms with Gasteiger partial charge in [-0.05, 0) is 29.8 Å². The highest BCUT2D eigenvalue weighted by Crippen LogP contribution is 2.35. The summed E-state index contributed by atoms with van der Waals surface area (Å²) in [6, 6.07) is 12.1. The first kappa shape index (κ1) is 20.5. The van der Waals surface area contributed by atoms with Crippen LogP contribution in [0.4, 0.5) is 0 Å². The lowest BCUT2D eigenvalue weighted by atomic mass is 9.91. The fourth-order valence-electron chi connectivity index (χ4n) is 3.42. The number of nitrogens with one attached hydrogen (secondary N) is 1. The zero-order chi connectivity index (χ0) is 19.4. The van der Waals surface area contributed by atoms with E-state index in [2.05, 4.69) is 26.1 Å². The number of aliphatic hydroxyl groups is 1. The number of Topliss-reactive ketones (excluding diaryl/α,β-unsaturated/α-hetero) is 1. The van der Waals surface area contributed by atoms with Crippen LogP contribution < -0.4 is 5.32 Å². The van der Waals surface area contributed by atoms with E-state index in [4.69, 9.17) is 4.43 Å². The lowest BCUT2D eigenvalue weighted by Gasteiger charge is -2.36. The molecular weight excluding hydrogens is 346 g/mol. The normalized spacial score (nSPS) is 24.7. The van der Waals surface area contributed by atoms with Crippen molar-refractivity contribution in [1.29, 1.82) is 0 Å². The van der Waals surface area contributed by atoms with E-state index in [0.717, 1.165) is 23.7 Å². The summed E-state index contributed by atoms with van der Waals surface area (Å²) in [5.74, 6) is -1.20. The van der Waals surface area contributed by atoms with Crippen LogP contribution >= 0.6 is 0 Å². The van der Waals surface area contributed by atoms with Gasteiger partial charge in [0.05, 0.1) is 5.70 Å². The van der Waals surface area contributed by atoms with E-state index in [1.165, 1.54) is 0 Å². The third kappa shape index (κ3) is 3.68. The van der Waals surface area contributed by atoms with Gasteiger partial charge in [0.2, 0.25) is 5.60 Å². The Hall–Kier alpha value is -1.76. The van der Waals surface area contributed by atoms with Gasteiger partial charge in [0.1, 0.15) is 6.10 Å². The van der Waals surface area contributed by atoms with Crippen LogP contribution in [0.15, 0.2) is 36.0 Å². The molecule has 0 saturated carbocycles. The predicted molar refractivity (Wildman–Crippen MR) is 105 cm³/mol. The minimum absolute atomic E-state index is 0.0708. The topological polar surface area (TPSA) is 75.6 Å². The van der Waals surface area contributed by atoms with E-state index in [0.29, 0.717) is 5.70 Å². The average Bonchev–Trinajstić information content (AvgIpc) is 2.91. The predicted octanol–water partition coefficient (Wildman–Crippen LogP) is 3.26. The van der Waals surface area contributed by atoms with Crippen molar-refractivity contribution in [2.75, 3.05) is 0 Å². The fraction of sp³-hybridized carbons (Fsp3) is 0.500. The highest BCUT2D eigenvalue weighted by atomic mass is 28.4. The van der Waals surface area contributed by atoms with Gasteiger partial charge in [-0.2, -0.15) is 0 Å². The summed E-state index contributed by atoms with van der Waals surface area (Å²) in [5.41, 5.74) is -0.827. The van der Waals surface area contributed by atoms with Crippen molar-refractivity contribution < 1.29 is 19.1 Å². The number of benzene rings is 1. The third-order valence-corrected chi connectivity index (χ3v) is 10.0. The molecule has 1 heterocycles. The Morgan fingerprint density at radius 3 is 2.27 bits per heavy atom. The van der Waals surface area contributed by atoms with Crippen LogP contribution in [0.25, 0.3) is 6.08 Å². The quantitative estimate of drug-likeness (QED) is 0.540. The highest BCUT2D eigenvalue weighted by molar-refractivity contribution is 6.73. The van der Waals surface area contributed by atoms with Gasteiger partial charge < -0.3 is 14.8 Å². The molecule has 0 unspecified atom stereocenters. The maximum absolute atomic E-state index is 12.6. The van der Waals surface area contributed by atoms with Crippen LogP contribution in [0.1, 0.15) is 39.7 Å². The molecule has 1 fully saturated rings. The number of rotatable bonds is 8. The smallest absolute Gasteiger partial charge is 0.267 e. The van der Waals surface area contributed by atoms with Crippen LogP contribution in [0, 0.1) is 0 Å². The molecule has 0 aliphatic carbocycles. The van der Waals surface area contributed by atoms with Crippen LogP contribution in [0.5, 0.6) is 0 Å². The molecule has 1 aromatic carbocycles. The van der Waals surface area contributed by atoms with Gasteiger partial charge in [0, 0.05) is 6.42 Å². The minimum atomic E-state index is -2.16. The van der Waals surface area contributed by atoms with E-state index in [-0.39, 0.29) is 6.42 Å². The number of carbonyl (C=O) groups is 2. The molecule has 2 rings (SSSR count). The van der Waals surface area contributed by atoms with Gasteiger partial charge in [-0.1, -0.05) is 58.0 Å². The molecule has 1 aliphatic rings. The SMILES string of the molecule is CCC(=O)[C@]1(O)C(=O)N/C(=C\c2ccccc2)[C@@H]1O[Si](CC)(CC)CC. The van der Waals surface area contributed by atoms with Crippen molar-refractivity contribution in [2.24, 2.45) is 0 Å². The van der Waals surface area contributed by atoms with Crippen molar-refractivity contribution in [2.45, 2.75) is 64.0 Å². The lowest BCUT2D eigenvalue weighted by Crippen LogP contribution is -2.56. The average molecular weight is 376 g/mol. The third-order valence-electron chi connectivity index (χ3n) is 5.43. The molecule has 1 saturated heterocycles. The molecule has 0 aromatic heterocycles. The van der Waals surface area contributed by atoms with Gasteiger partial charge in [0.15, 0.2) is 14.1 Å². The zero-order valence-corrected chi connectivity index (χ0v) is 17.0. The molecule has 2 atom stereocenters. The molecule has 1 amide bonds. The van der Waals surface area contributed by atoms with Gasteiger partial charge in [-0.3, -0.25) is 9.59 Å². The fourth-order valence-corrected chi connectivity index (χ4v) is 6.22. The molecule has 142 valence electrons. The second-order valence-corrected chi connectivity index (χ2v) is 11.5. The summed E-state index contributed by atoms with van der Waals surface area (Å²) < 4.78 is 6.46. The van der Waals surface area contributed by atoms with Gasteiger partial charge >= 0.3 is 0 Å². The highest BCUT2D eigenvalue weighted by Gasteiger charge is 2.58. The van der Waals surface area contributed by atoms with Crippen molar-refractivity contribution in [1.82, 2.24) is 5.32 Å². The van der Waals surface area contributed by atoms with Gasteiger partial charge in [0.25, 0.3) is 5.91 Å². The Morgan fingerprint density at radius 2 is 1.77 bits per heavy atom. The maximum Gasteiger partial charge on any atom is 0.267 e. The monoisotopic (exact) mass is 375 g/mol. The summed E-state index contributed by atoms with van der Waals surface area (Å²) in [6.07, 6.45) is 0.875. The Labute approximate surface area is 156 Å². The van der Waals surface area contributed by atoms with E-state index in [9.17, 15) is 14.7 Å². The molecule has 26 heavy (non-hydrogen) atoms. The van der Waals surface area contributed by atoms with Crippen LogP contribution in [-0.4, -0.2) is 36.8 Å². The molecule has 0 bridgehead atoms. The maximum atomic E-state index is 12.6. The van der Waals surface area contributed by atoms with Crippen LogP contribution in [0.2, 0.25) is 18.1 Å². The number of ketones is 1.